The Labute approximate surface area is 117 Å². The van der Waals surface area contributed by atoms with E-state index in [2.05, 4.69) is 0 Å². The Balaban J connectivity index is 0.000000810. The normalized spacial score (nSPS) is 8.70. The second-order valence-corrected chi connectivity index (χ2v) is 2.81. The molecule has 0 unspecified atom stereocenters. The van der Waals surface area contributed by atoms with Crippen molar-refractivity contribution in [3.05, 3.63) is 33.3 Å². The third-order valence-corrected chi connectivity index (χ3v) is 1.86. The summed E-state index contributed by atoms with van der Waals surface area (Å²) in [4.78, 5) is 0. The number of halogens is 3. The van der Waals surface area contributed by atoms with Gasteiger partial charge in [-0.25, -0.2) is 0 Å². The number of rotatable bonds is 0. The number of hydrogen-bond donors (Lipinski definition) is 0. The van der Waals surface area contributed by atoms with Gasteiger partial charge in [-0.15, -0.1) is 0 Å². The van der Waals surface area contributed by atoms with Gasteiger partial charge in [0.15, 0.2) is 0 Å². The maximum absolute atomic E-state index is 5.60. The van der Waals surface area contributed by atoms with Gasteiger partial charge in [-0.2, -0.15) is 0 Å². The van der Waals surface area contributed by atoms with Gasteiger partial charge in [0.1, 0.15) is 0 Å². The molecule has 0 aliphatic carbocycles. The molecule has 1 aromatic carbocycles. The Morgan fingerprint density at radius 1 is 0.900 bits per heavy atom. The van der Waals surface area contributed by atoms with E-state index < -0.39 is 0 Å². The Bertz CT molecular complexity index is 224. The first-order valence-corrected chi connectivity index (χ1v) is 3.44. The fourth-order valence-electron chi connectivity index (χ4n) is 0.470. The van der Waals surface area contributed by atoms with Crippen molar-refractivity contribution in [2.45, 2.75) is 0 Å². The Hall–Kier alpha value is 1.73. The third kappa shape index (κ3) is 3.42. The molecule has 0 N–H and O–H groups in total. The third-order valence-electron chi connectivity index (χ3n) is 0.882. The zero-order valence-electron chi connectivity index (χ0n) is 5.37. The van der Waals surface area contributed by atoms with Crippen molar-refractivity contribution in [2.24, 2.45) is 0 Å². The van der Waals surface area contributed by atoms with E-state index in [9.17, 15) is 0 Å². The topological polar surface area (TPSA) is 0 Å². The van der Waals surface area contributed by atoms with Crippen LogP contribution in [0.15, 0.2) is 18.2 Å². The van der Waals surface area contributed by atoms with Crippen molar-refractivity contribution in [2.75, 3.05) is 0 Å². The summed E-state index contributed by atoms with van der Waals surface area (Å²) in [5.41, 5.74) is 0. The fraction of sp³-hybridized carbons (Fsp3) is 0. The van der Waals surface area contributed by atoms with Crippen molar-refractivity contribution < 1.29 is 0 Å². The predicted octanol–water partition coefficient (Wildman–Crippen LogP) is 3.27. The molecule has 0 amide bonds. The zero-order valence-corrected chi connectivity index (χ0v) is 10.8. The summed E-state index contributed by atoms with van der Waals surface area (Å²) in [6.07, 6.45) is 0. The van der Waals surface area contributed by atoms with Crippen molar-refractivity contribution in [3.8, 4) is 0 Å². The molecule has 4 heteroatoms. The molecule has 0 fully saturated rings. The van der Waals surface area contributed by atoms with Gasteiger partial charge < -0.3 is 0 Å². The molecule has 0 bridgehead atoms. The summed E-state index contributed by atoms with van der Waals surface area (Å²) in [6, 6.07) is 4.95. The van der Waals surface area contributed by atoms with Crippen LogP contribution in [0.3, 0.4) is 0 Å². The first-order valence-electron chi connectivity index (χ1n) is 2.30. The Morgan fingerprint density at radius 3 is 1.90 bits per heavy atom. The molecule has 1 radical (unpaired) electrons. The van der Waals surface area contributed by atoms with Gasteiger partial charge in [0.05, 0.1) is 10.0 Å². The van der Waals surface area contributed by atoms with Crippen molar-refractivity contribution in [3.63, 3.8) is 0 Å². The van der Waals surface area contributed by atoms with Crippen LogP contribution in [-0.4, -0.2) is 51.4 Å². The molecular formula is C6H3Cl3K. The standard InChI is InChI=1S/C6H3Cl3.K/c7-4-1-2-5(8)6(9)3-4;/h1-3H;. The molecule has 0 atom stereocenters. The van der Waals surface area contributed by atoms with Crippen LogP contribution < -0.4 is 0 Å². The molecule has 0 aliphatic heterocycles. The minimum absolute atomic E-state index is 0. The van der Waals surface area contributed by atoms with Crippen LogP contribution in [0.4, 0.5) is 0 Å². The molecule has 0 saturated heterocycles. The van der Waals surface area contributed by atoms with Crippen molar-refractivity contribution >= 4 is 86.2 Å². The molecule has 0 aromatic heterocycles. The molecule has 10 heavy (non-hydrogen) atoms. The van der Waals surface area contributed by atoms with E-state index in [1.807, 2.05) is 0 Å². The Kier molecular flexibility index (Phi) is 6.32. The van der Waals surface area contributed by atoms with Gasteiger partial charge in [0.2, 0.25) is 0 Å². The molecular weight excluding hydrogens is 218 g/mol. The summed E-state index contributed by atoms with van der Waals surface area (Å²) in [7, 11) is 0. The average molecular weight is 221 g/mol. The van der Waals surface area contributed by atoms with Gasteiger partial charge in [-0.05, 0) is 18.2 Å². The van der Waals surface area contributed by atoms with E-state index in [1.165, 1.54) is 0 Å². The number of benzene rings is 1. The van der Waals surface area contributed by atoms with Crippen LogP contribution >= 0.6 is 34.8 Å². The van der Waals surface area contributed by atoms with Crippen LogP contribution in [0, 0.1) is 0 Å². The molecule has 0 heterocycles. The second-order valence-electron chi connectivity index (χ2n) is 1.56. The van der Waals surface area contributed by atoms with Gasteiger partial charge in [-0.1, -0.05) is 34.8 Å². The van der Waals surface area contributed by atoms with E-state index >= 15 is 0 Å². The summed E-state index contributed by atoms with van der Waals surface area (Å²) >= 11 is 16.8. The molecule has 0 nitrogen and oxygen atoms in total. The van der Waals surface area contributed by atoms with Gasteiger partial charge in [0.25, 0.3) is 0 Å². The smallest absolute Gasteiger partial charge is 0.0607 e. The Morgan fingerprint density at radius 2 is 1.50 bits per heavy atom. The maximum atomic E-state index is 5.60. The SMILES string of the molecule is Clc1ccc(Cl)c(Cl)c1.[K]. The van der Waals surface area contributed by atoms with E-state index in [0.717, 1.165) is 0 Å². The van der Waals surface area contributed by atoms with Crippen LogP contribution in [0.1, 0.15) is 0 Å². The molecule has 49 valence electrons. The summed E-state index contributed by atoms with van der Waals surface area (Å²) in [6.45, 7) is 0. The second kappa shape index (κ2) is 5.39. The van der Waals surface area contributed by atoms with E-state index in [4.69, 9.17) is 34.8 Å². The molecule has 0 saturated carbocycles. The van der Waals surface area contributed by atoms with E-state index in [0.29, 0.717) is 15.1 Å². The summed E-state index contributed by atoms with van der Waals surface area (Å²) < 4.78 is 0. The summed E-state index contributed by atoms with van der Waals surface area (Å²) in [5.74, 6) is 0. The van der Waals surface area contributed by atoms with E-state index in [-0.39, 0.29) is 51.4 Å². The van der Waals surface area contributed by atoms with E-state index in [1.54, 1.807) is 18.2 Å². The van der Waals surface area contributed by atoms with Crippen LogP contribution in [0.25, 0.3) is 0 Å². The van der Waals surface area contributed by atoms with Crippen molar-refractivity contribution in [1.29, 1.82) is 0 Å². The van der Waals surface area contributed by atoms with Crippen LogP contribution in [0.5, 0.6) is 0 Å². The monoisotopic (exact) mass is 219 g/mol. The average Bonchev–Trinajstić information content (AvgIpc) is 1.80. The number of hydrogen-bond acceptors (Lipinski definition) is 0. The maximum Gasteiger partial charge on any atom is 0.0607 e. The van der Waals surface area contributed by atoms with Crippen LogP contribution in [0.2, 0.25) is 15.1 Å². The van der Waals surface area contributed by atoms with Gasteiger partial charge in [-0.3, -0.25) is 0 Å². The molecule has 0 spiro atoms. The molecule has 1 aromatic rings. The van der Waals surface area contributed by atoms with Crippen LogP contribution in [-0.2, 0) is 0 Å². The zero-order chi connectivity index (χ0) is 6.85. The summed E-state index contributed by atoms with van der Waals surface area (Å²) in [5, 5.41) is 1.62. The predicted molar refractivity (Wildman–Crippen MR) is 47.2 cm³/mol. The minimum atomic E-state index is 0. The first kappa shape index (κ1) is 11.7. The van der Waals surface area contributed by atoms with Crippen molar-refractivity contribution in [1.82, 2.24) is 0 Å². The largest absolute Gasteiger partial charge is 0.0843 e. The molecule has 1 rings (SSSR count). The molecule has 0 aliphatic rings. The minimum Gasteiger partial charge on any atom is -0.0843 e. The fourth-order valence-corrected chi connectivity index (χ4v) is 0.997. The van der Waals surface area contributed by atoms with Gasteiger partial charge >= 0.3 is 0 Å². The first-order chi connectivity index (χ1) is 4.20. The quantitative estimate of drug-likeness (QED) is 0.465. The van der Waals surface area contributed by atoms with Gasteiger partial charge in [0, 0.05) is 56.4 Å².